The van der Waals surface area contributed by atoms with E-state index in [0.29, 0.717) is 30.2 Å². The van der Waals surface area contributed by atoms with E-state index < -0.39 is 0 Å². The van der Waals surface area contributed by atoms with Gasteiger partial charge in [0, 0.05) is 25.0 Å². The molecule has 1 atom stereocenters. The summed E-state index contributed by atoms with van der Waals surface area (Å²) in [4.78, 5) is 31.7. The van der Waals surface area contributed by atoms with Crippen LogP contribution >= 0.6 is 0 Å². The van der Waals surface area contributed by atoms with E-state index in [4.69, 9.17) is 0 Å². The Kier molecular flexibility index (Phi) is 5.88. The molecule has 2 amide bonds. The number of hydrogen-bond acceptors (Lipinski definition) is 4. The van der Waals surface area contributed by atoms with E-state index in [1.807, 2.05) is 42.5 Å². The Balaban J connectivity index is 1.40. The van der Waals surface area contributed by atoms with E-state index in [9.17, 15) is 9.59 Å². The number of nitrogens with one attached hydrogen (secondary N) is 2. The molecule has 30 heavy (non-hydrogen) atoms. The Morgan fingerprint density at radius 2 is 2.00 bits per heavy atom. The van der Waals surface area contributed by atoms with Crippen LogP contribution in [0.3, 0.4) is 0 Å². The first-order chi connectivity index (χ1) is 14.6. The smallest absolute Gasteiger partial charge is 0.271 e. The number of pyridine rings is 1. The molecule has 7 heteroatoms. The van der Waals surface area contributed by atoms with Crippen LogP contribution in [0.1, 0.15) is 35.8 Å². The average molecular weight is 403 g/mol. The lowest BCUT2D eigenvalue weighted by molar-refractivity contribution is -0.121. The molecule has 0 aliphatic carbocycles. The topological polar surface area (TPSA) is 91.0 Å². The number of likely N-dealkylation sites (tertiary alicyclic amines) is 1. The van der Waals surface area contributed by atoms with Crippen molar-refractivity contribution in [1.29, 1.82) is 0 Å². The van der Waals surface area contributed by atoms with E-state index in [1.54, 1.807) is 17.2 Å². The third-order valence-corrected chi connectivity index (χ3v) is 5.44. The summed E-state index contributed by atoms with van der Waals surface area (Å²) in [5.74, 6) is -0.420. The zero-order valence-corrected chi connectivity index (χ0v) is 17.0. The van der Waals surface area contributed by atoms with Crippen molar-refractivity contribution >= 4 is 17.5 Å². The number of rotatable bonds is 5. The summed E-state index contributed by atoms with van der Waals surface area (Å²) in [7, 11) is 0. The fourth-order valence-electron chi connectivity index (χ4n) is 3.69. The van der Waals surface area contributed by atoms with Gasteiger partial charge in [0.1, 0.15) is 11.4 Å². The van der Waals surface area contributed by atoms with Crippen LogP contribution in [-0.4, -0.2) is 45.0 Å². The number of hydrogen-bond donors (Lipinski definition) is 2. The Bertz CT molecular complexity index is 1010. The standard InChI is InChI=1S/C23H25N5O2/c1-2-16-8-10-18(11-9-16)25-22(29)17-6-5-13-28(15-17)23(30)21-14-20(26-27-21)19-7-3-4-12-24-19/h3-4,7-12,14,17H,2,5-6,13,15H2,1H3,(H,25,29)(H,26,27)/t17-/m0/s1. The number of anilines is 1. The maximum Gasteiger partial charge on any atom is 0.271 e. The Labute approximate surface area is 175 Å². The molecular weight excluding hydrogens is 378 g/mol. The zero-order chi connectivity index (χ0) is 20.9. The molecule has 154 valence electrons. The minimum Gasteiger partial charge on any atom is -0.337 e. The molecule has 2 aromatic heterocycles. The SMILES string of the molecule is CCc1ccc(NC(=O)[C@H]2CCCN(C(=O)c3cc(-c4ccccn4)n[nH]3)C2)cc1. The van der Waals surface area contributed by atoms with E-state index >= 15 is 0 Å². The summed E-state index contributed by atoms with van der Waals surface area (Å²) in [5.41, 5.74) is 3.76. The summed E-state index contributed by atoms with van der Waals surface area (Å²) >= 11 is 0. The van der Waals surface area contributed by atoms with Crippen molar-refractivity contribution in [2.45, 2.75) is 26.2 Å². The molecule has 1 fully saturated rings. The number of carbonyl (C=O) groups excluding carboxylic acids is 2. The second kappa shape index (κ2) is 8.90. The van der Waals surface area contributed by atoms with Gasteiger partial charge in [0.15, 0.2) is 0 Å². The molecule has 7 nitrogen and oxygen atoms in total. The number of H-pyrrole nitrogens is 1. The van der Waals surface area contributed by atoms with E-state index in [1.165, 1.54) is 5.56 Å². The van der Waals surface area contributed by atoms with Crippen LogP contribution in [0.25, 0.3) is 11.4 Å². The summed E-state index contributed by atoms with van der Waals surface area (Å²) in [6, 6.07) is 15.1. The number of nitrogens with zero attached hydrogens (tertiary/aromatic N) is 3. The van der Waals surface area contributed by atoms with Crippen LogP contribution < -0.4 is 5.32 Å². The van der Waals surface area contributed by atoms with Gasteiger partial charge in [0.25, 0.3) is 5.91 Å². The minimum absolute atomic E-state index is 0.0458. The van der Waals surface area contributed by atoms with Gasteiger partial charge in [-0.1, -0.05) is 25.1 Å². The zero-order valence-electron chi connectivity index (χ0n) is 17.0. The molecule has 0 radical (unpaired) electrons. The highest BCUT2D eigenvalue weighted by atomic mass is 16.2. The first-order valence-corrected chi connectivity index (χ1v) is 10.3. The fourth-order valence-corrected chi connectivity index (χ4v) is 3.69. The highest BCUT2D eigenvalue weighted by Gasteiger charge is 2.29. The van der Waals surface area contributed by atoms with Crippen LogP contribution in [-0.2, 0) is 11.2 Å². The van der Waals surface area contributed by atoms with Crippen molar-refractivity contribution in [2.75, 3.05) is 18.4 Å². The van der Waals surface area contributed by atoms with Gasteiger partial charge in [0.2, 0.25) is 5.91 Å². The third kappa shape index (κ3) is 4.40. The van der Waals surface area contributed by atoms with Crippen molar-refractivity contribution in [1.82, 2.24) is 20.1 Å². The molecular formula is C23H25N5O2. The van der Waals surface area contributed by atoms with Gasteiger partial charge in [-0.05, 0) is 55.2 Å². The van der Waals surface area contributed by atoms with Crippen LogP contribution in [0.2, 0.25) is 0 Å². The number of aromatic nitrogens is 3. The van der Waals surface area contributed by atoms with Gasteiger partial charge in [0.05, 0.1) is 11.6 Å². The van der Waals surface area contributed by atoms with Crippen molar-refractivity contribution in [3.05, 3.63) is 66.0 Å². The van der Waals surface area contributed by atoms with E-state index in [2.05, 4.69) is 27.4 Å². The molecule has 3 heterocycles. The van der Waals surface area contributed by atoms with Gasteiger partial charge in [-0.15, -0.1) is 0 Å². The first-order valence-electron chi connectivity index (χ1n) is 10.3. The largest absolute Gasteiger partial charge is 0.337 e. The number of carbonyl (C=O) groups is 2. The molecule has 4 rings (SSSR count). The normalized spacial score (nSPS) is 16.3. The molecule has 1 aromatic carbocycles. The monoisotopic (exact) mass is 403 g/mol. The maximum atomic E-state index is 12.9. The quantitative estimate of drug-likeness (QED) is 0.682. The van der Waals surface area contributed by atoms with Crippen LogP contribution in [0.5, 0.6) is 0 Å². The van der Waals surface area contributed by atoms with Crippen LogP contribution in [0.15, 0.2) is 54.7 Å². The highest BCUT2D eigenvalue weighted by molar-refractivity contribution is 5.95. The number of piperidine rings is 1. The molecule has 1 aliphatic rings. The summed E-state index contributed by atoms with van der Waals surface area (Å²) in [5, 5.41) is 10.0. The number of aromatic amines is 1. The molecule has 0 bridgehead atoms. The van der Waals surface area contributed by atoms with Crippen molar-refractivity contribution in [3.63, 3.8) is 0 Å². The number of amides is 2. The lowest BCUT2D eigenvalue weighted by atomic mass is 9.96. The molecule has 0 unspecified atom stereocenters. The Hall–Kier alpha value is -3.48. The second-order valence-electron chi connectivity index (χ2n) is 7.51. The van der Waals surface area contributed by atoms with E-state index in [0.717, 1.165) is 24.9 Å². The van der Waals surface area contributed by atoms with Crippen molar-refractivity contribution < 1.29 is 9.59 Å². The maximum absolute atomic E-state index is 12.9. The van der Waals surface area contributed by atoms with Gasteiger partial charge in [-0.25, -0.2) is 0 Å². The molecule has 0 spiro atoms. The fraction of sp³-hybridized carbons (Fsp3) is 0.304. The van der Waals surface area contributed by atoms with Crippen LogP contribution in [0.4, 0.5) is 5.69 Å². The molecule has 2 N–H and O–H groups in total. The average Bonchev–Trinajstić information content (AvgIpc) is 3.30. The Morgan fingerprint density at radius 3 is 2.73 bits per heavy atom. The predicted octanol–water partition coefficient (Wildman–Crippen LogP) is 3.53. The highest BCUT2D eigenvalue weighted by Crippen LogP contribution is 2.22. The van der Waals surface area contributed by atoms with Crippen LogP contribution in [0, 0.1) is 5.92 Å². The number of aryl methyl sites for hydroxylation is 1. The lowest BCUT2D eigenvalue weighted by Gasteiger charge is -2.31. The summed E-state index contributed by atoms with van der Waals surface area (Å²) in [6.07, 6.45) is 4.21. The number of benzene rings is 1. The summed E-state index contributed by atoms with van der Waals surface area (Å²) in [6.45, 7) is 3.13. The third-order valence-electron chi connectivity index (χ3n) is 5.44. The van der Waals surface area contributed by atoms with Crippen molar-refractivity contribution in [2.24, 2.45) is 5.92 Å². The predicted molar refractivity (Wildman–Crippen MR) is 115 cm³/mol. The van der Waals surface area contributed by atoms with Gasteiger partial charge >= 0.3 is 0 Å². The van der Waals surface area contributed by atoms with Gasteiger partial charge < -0.3 is 10.2 Å². The minimum atomic E-state index is -0.230. The molecule has 3 aromatic rings. The van der Waals surface area contributed by atoms with Crippen molar-refractivity contribution in [3.8, 4) is 11.4 Å². The van der Waals surface area contributed by atoms with E-state index in [-0.39, 0.29) is 17.7 Å². The van der Waals surface area contributed by atoms with Gasteiger partial charge in [-0.3, -0.25) is 19.7 Å². The second-order valence-corrected chi connectivity index (χ2v) is 7.51. The lowest BCUT2D eigenvalue weighted by Crippen LogP contribution is -2.43. The first kappa shape index (κ1) is 19.8. The molecule has 0 saturated carbocycles. The molecule has 1 aliphatic heterocycles. The van der Waals surface area contributed by atoms with Gasteiger partial charge in [-0.2, -0.15) is 5.10 Å². The Morgan fingerprint density at radius 1 is 1.17 bits per heavy atom. The molecule has 1 saturated heterocycles. The summed E-state index contributed by atoms with van der Waals surface area (Å²) < 4.78 is 0.